The van der Waals surface area contributed by atoms with E-state index in [1.54, 1.807) is 19.1 Å². The minimum Gasteiger partial charge on any atom is -0.491 e. The van der Waals surface area contributed by atoms with Crippen molar-refractivity contribution < 1.29 is 32.0 Å². The van der Waals surface area contributed by atoms with Crippen LogP contribution in [0, 0.1) is 24.6 Å². The Hall–Kier alpha value is -4.73. The van der Waals surface area contributed by atoms with Gasteiger partial charge in [-0.3, -0.25) is 9.45 Å². The van der Waals surface area contributed by atoms with Gasteiger partial charge in [0.05, 0.1) is 40.9 Å². The third-order valence-electron chi connectivity index (χ3n) is 7.11. The molecule has 1 atom stereocenters. The van der Waals surface area contributed by atoms with Crippen molar-refractivity contribution in [2.75, 3.05) is 43.6 Å². The van der Waals surface area contributed by atoms with Gasteiger partial charge in [-0.1, -0.05) is 35.3 Å². The molecular weight excluding hydrogens is 706 g/mol. The van der Waals surface area contributed by atoms with Gasteiger partial charge in [-0.25, -0.2) is 19.2 Å². The van der Waals surface area contributed by atoms with Crippen LogP contribution < -0.4 is 15.4 Å². The smallest absolute Gasteiger partial charge is 0.355 e. The van der Waals surface area contributed by atoms with E-state index in [0.717, 1.165) is 21.6 Å². The number of para-hydroxylation sites is 1. The number of ether oxygens (including phenoxy) is 1. The SMILES string of the molecule is Cc1cc(C(CCS(=O)(=O)O)Nc2nc(C(=O)O)c(CCCOc3ccc(C#CCN(C)C)cc3F)s2)nnc1Nc1nc2ccccc2s1. The monoisotopic (exact) mass is 739 g/mol. The summed E-state index contributed by atoms with van der Waals surface area (Å²) in [5.74, 6) is 3.99. The standard InChI is InChI=1S/C33H34FN7O6S3/c1-20-18-25(39-40-30(20)38-33-36-24-9-4-5-10-27(24)48-33)23(14-17-50(44,45)46)35-32-37-29(31(42)43)28(49-32)11-7-16-47-26-13-12-21(19-22(26)34)8-6-15-41(2)3/h4-5,9-10,12-13,18-19,23H,7,11,14-17H2,1-3H3,(H,35,37)(H,42,43)(H,36,38,40)(H,44,45,46). The number of aryl methyl sites for hydroxylation is 2. The Morgan fingerprint density at radius 3 is 2.60 bits per heavy atom. The average Bonchev–Trinajstić information content (AvgIpc) is 3.66. The van der Waals surface area contributed by atoms with E-state index in [-0.39, 0.29) is 36.0 Å². The van der Waals surface area contributed by atoms with Gasteiger partial charge in [0.2, 0.25) is 0 Å². The highest BCUT2D eigenvalue weighted by molar-refractivity contribution is 7.85. The molecule has 0 bridgehead atoms. The number of nitrogens with one attached hydrogen (secondary N) is 2. The van der Waals surface area contributed by atoms with Gasteiger partial charge < -0.3 is 20.5 Å². The third-order valence-corrected chi connectivity index (χ3v) is 9.86. The summed E-state index contributed by atoms with van der Waals surface area (Å²) in [5.41, 5.74) is 2.26. The van der Waals surface area contributed by atoms with Crippen LogP contribution >= 0.6 is 22.7 Å². The lowest BCUT2D eigenvalue weighted by atomic mass is 10.1. The molecule has 0 amide bonds. The normalized spacial score (nSPS) is 12.0. The van der Waals surface area contributed by atoms with Gasteiger partial charge in [-0.05, 0) is 82.2 Å². The number of thiazole rings is 2. The van der Waals surface area contributed by atoms with Crippen molar-refractivity contribution in [2.45, 2.75) is 32.2 Å². The number of hydrogen-bond acceptors (Lipinski definition) is 13. The number of fused-ring (bicyclic) bond motifs is 1. The van der Waals surface area contributed by atoms with Gasteiger partial charge in [-0.2, -0.15) is 13.5 Å². The second kappa shape index (κ2) is 16.3. The number of benzene rings is 2. The molecule has 13 nitrogen and oxygen atoms in total. The Kier molecular flexibility index (Phi) is 11.9. The highest BCUT2D eigenvalue weighted by atomic mass is 32.2. The summed E-state index contributed by atoms with van der Waals surface area (Å²) in [6, 6.07) is 13.1. The minimum atomic E-state index is -4.33. The van der Waals surface area contributed by atoms with Crippen LogP contribution in [-0.4, -0.2) is 82.1 Å². The van der Waals surface area contributed by atoms with Crippen LogP contribution in [0.4, 0.5) is 20.5 Å². The number of aromatic carboxylic acids is 1. The number of anilines is 3. The lowest BCUT2D eigenvalue weighted by Gasteiger charge is -2.18. The van der Waals surface area contributed by atoms with E-state index in [9.17, 15) is 27.3 Å². The number of nitrogens with zero attached hydrogens (tertiary/aromatic N) is 5. The Morgan fingerprint density at radius 1 is 1.10 bits per heavy atom. The first kappa shape index (κ1) is 36.5. The number of carboxylic acids is 1. The number of aromatic nitrogens is 4. The lowest BCUT2D eigenvalue weighted by Crippen LogP contribution is -2.18. The first-order valence-corrected chi connectivity index (χ1v) is 18.6. The molecule has 0 aliphatic rings. The molecule has 3 aromatic heterocycles. The van der Waals surface area contributed by atoms with Crippen molar-refractivity contribution in [3.05, 3.63) is 81.7 Å². The number of halogens is 1. The fraction of sp³-hybridized carbons (Fsp3) is 0.303. The Morgan fingerprint density at radius 2 is 1.90 bits per heavy atom. The van der Waals surface area contributed by atoms with Gasteiger partial charge in [-0.15, -0.1) is 16.4 Å². The van der Waals surface area contributed by atoms with Crippen LogP contribution in [0.2, 0.25) is 0 Å². The van der Waals surface area contributed by atoms with Crippen LogP contribution in [-0.2, 0) is 16.5 Å². The second-order valence-electron chi connectivity index (χ2n) is 11.4. The summed E-state index contributed by atoms with van der Waals surface area (Å²) in [6.07, 6.45) is 0.539. The number of carboxylic acid groups (broad SMARTS) is 1. The van der Waals surface area contributed by atoms with Crippen LogP contribution in [0.3, 0.4) is 0 Å². The highest BCUT2D eigenvalue weighted by Gasteiger charge is 2.23. The van der Waals surface area contributed by atoms with Crippen molar-refractivity contribution in [1.82, 2.24) is 25.1 Å². The fourth-order valence-electron chi connectivity index (χ4n) is 4.70. The van der Waals surface area contributed by atoms with E-state index in [1.807, 2.05) is 43.3 Å². The zero-order chi connectivity index (χ0) is 35.8. The van der Waals surface area contributed by atoms with Crippen LogP contribution in [0.15, 0.2) is 48.5 Å². The Bertz CT molecular complexity index is 2130. The molecular formula is C33H34FN7O6S3. The molecule has 4 N–H and O–H groups in total. The molecule has 1 unspecified atom stereocenters. The van der Waals surface area contributed by atoms with Gasteiger partial charge >= 0.3 is 5.97 Å². The Balaban J connectivity index is 1.26. The Labute approximate surface area is 296 Å². The average molecular weight is 740 g/mol. The molecule has 0 radical (unpaired) electrons. The highest BCUT2D eigenvalue weighted by Crippen LogP contribution is 2.32. The molecule has 5 aromatic rings. The molecule has 0 saturated heterocycles. The lowest BCUT2D eigenvalue weighted by molar-refractivity contribution is 0.0690. The summed E-state index contributed by atoms with van der Waals surface area (Å²) in [4.78, 5) is 23.2. The zero-order valence-corrected chi connectivity index (χ0v) is 29.8. The van der Waals surface area contributed by atoms with Gasteiger partial charge in [0.15, 0.2) is 33.3 Å². The van der Waals surface area contributed by atoms with Crippen molar-refractivity contribution >= 4 is 65.1 Å². The van der Waals surface area contributed by atoms with E-state index in [0.29, 0.717) is 45.6 Å². The zero-order valence-electron chi connectivity index (χ0n) is 27.3. The summed E-state index contributed by atoms with van der Waals surface area (Å²) < 4.78 is 54.0. The molecule has 0 spiro atoms. The van der Waals surface area contributed by atoms with Crippen LogP contribution in [0.25, 0.3) is 10.2 Å². The fourth-order valence-corrected chi connectivity index (χ4v) is 7.14. The molecule has 2 aromatic carbocycles. The minimum absolute atomic E-state index is 0.0626. The first-order chi connectivity index (χ1) is 23.8. The maximum atomic E-state index is 14.6. The van der Waals surface area contributed by atoms with Crippen molar-refractivity contribution in [3.63, 3.8) is 0 Å². The molecule has 50 heavy (non-hydrogen) atoms. The van der Waals surface area contributed by atoms with Crippen LogP contribution in [0.5, 0.6) is 5.75 Å². The molecule has 0 saturated carbocycles. The molecule has 262 valence electrons. The van der Waals surface area contributed by atoms with E-state index < -0.39 is 33.7 Å². The predicted molar refractivity (Wildman–Crippen MR) is 192 cm³/mol. The maximum Gasteiger partial charge on any atom is 0.355 e. The number of carbonyl (C=O) groups is 1. The molecule has 0 aliphatic carbocycles. The molecule has 0 aliphatic heterocycles. The summed E-state index contributed by atoms with van der Waals surface area (Å²) in [5, 5.41) is 25.5. The largest absolute Gasteiger partial charge is 0.491 e. The van der Waals surface area contributed by atoms with E-state index >= 15 is 0 Å². The maximum absolute atomic E-state index is 14.6. The third kappa shape index (κ3) is 10.2. The van der Waals surface area contributed by atoms with E-state index in [1.165, 1.54) is 23.5 Å². The second-order valence-corrected chi connectivity index (χ2v) is 15.1. The topological polar surface area (TPSA) is 180 Å². The first-order valence-electron chi connectivity index (χ1n) is 15.3. The summed E-state index contributed by atoms with van der Waals surface area (Å²) >= 11 is 2.54. The van der Waals surface area contributed by atoms with Gasteiger partial charge in [0.25, 0.3) is 10.1 Å². The molecule has 3 heterocycles. The van der Waals surface area contributed by atoms with Gasteiger partial charge in [0, 0.05) is 10.4 Å². The summed E-state index contributed by atoms with van der Waals surface area (Å²) in [6.45, 7) is 2.47. The number of hydrogen-bond donors (Lipinski definition) is 4. The summed E-state index contributed by atoms with van der Waals surface area (Å²) in [7, 11) is -0.548. The van der Waals surface area contributed by atoms with E-state index in [2.05, 4.69) is 42.6 Å². The van der Waals surface area contributed by atoms with Crippen LogP contribution in [0.1, 0.15) is 51.1 Å². The van der Waals surface area contributed by atoms with Crippen molar-refractivity contribution in [3.8, 4) is 17.6 Å². The number of rotatable bonds is 15. The molecule has 17 heteroatoms. The van der Waals surface area contributed by atoms with Crippen molar-refractivity contribution in [1.29, 1.82) is 0 Å². The van der Waals surface area contributed by atoms with Crippen molar-refractivity contribution in [2.24, 2.45) is 0 Å². The quantitative estimate of drug-likeness (QED) is 0.0577. The van der Waals surface area contributed by atoms with Gasteiger partial charge in [0.1, 0.15) is 0 Å². The molecule has 0 fully saturated rings. The predicted octanol–water partition coefficient (Wildman–Crippen LogP) is 5.79. The molecule has 5 rings (SSSR count). The van der Waals surface area contributed by atoms with E-state index in [4.69, 9.17) is 4.74 Å².